The van der Waals surface area contributed by atoms with E-state index in [-0.39, 0.29) is 46.5 Å². The van der Waals surface area contributed by atoms with Crippen LogP contribution in [0.4, 0.5) is 0 Å². The first-order valence-electron chi connectivity index (χ1n) is 28.0. The van der Waals surface area contributed by atoms with Crippen molar-refractivity contribution < 1.29 is 17.4 Å². The van der Waals surface area contributed by atoms with E-state index in [9.17, 15) is 0 Å². The van der Waals surface area contributed by atoms with Gasteiger partial charge in [-0.2, -0.15) is 0 Å². The van der Waals surface area contributed by atoms with Gasteiger partial charge < -0.3 is 0 Å². The van der Waals surface area contributed by atoms with Crippen LogP contribution < -0.4 is 0 Å². The van der Waals surface area contributed by atoms with Crippen LogP contribution in [0.1, 0.15) is 186 Å². The monoisotopic (exact) mass is 1120 g/mol. The molecule has 4 aliphatic carbocycles. The molecular weight excluding hydrogens is 1030 g/mol. The van der Waals surface area contributed by atoms with Crippen molar-refractivity contribution in [2.75, 3.05) is 0 Å². The number of rotatable bonds is 10. The van der Waals surface area contributed by atoms with Crippen LogP contribution in [-0.4, -0.2) is 6.88 Å². The van der Waals surface area contributed by atoms with Crippen LogP contribution in [0.25, 0.3) is 56.7 Å². The van der Waals surface area contributed by atoms with Crippen LogP contribution in [0.2, 0.25) is 9.26 Å². The maximum Gasteiger partial charge on any atom is -0.147 e. The molecule has 0 aliphatic heterocycles. The third-order valence-corrected chi connectivity index (χ3v) is 35.6. The SMILES string of the molecule is CC(C)(C)c1ccc(-c2ccc(-c3ccc(C(C)(C)C)cc3)c3c2C=C(CC2CCC2)[CH]3[Zr]([CH3])([CH3])(=[SiH2])[CH]2C(CC3CCC3)=Cc3c(-c4ccc(C(C)(C)C)cc4)ccc(-c4ccc(C(C)(C)C)cc4)c32)cc1.Cl.Cl. The topological polar surface area (TPSA) is 0 Å². The summed E-state index contributed by atoms with van der Waals surface area (Å²) in [7, 11) is 0. The van der Waals surface area contributed by atoms with Gasteiger partial charge in [-0.15, -0.1) is 24.8 Å². The zero-order valence-corrected chi connectivity index (χ0v) is 53.2. The van der Waals surface area contributed by atoms with Gasteiger partial charge in [0, 0.05) is 0 Å². The minimum absolute atomic E-state index is 0. The average molecular weight is 1120 g/mol. The van der Waals surface area contributed by atoms with E-state index in [0.717, 1.165) is 11.8 Å². The summed E-state index contributed by atoms with van der Waals surface area (Å²) in [6.45, 7) is 30.7. The second-order valence-corrected chi connectivity index (χ2v) is 59.0. The molecule has 4 aliphatic rings. The Kier molecular flexibility index (Phi) is 15.6. The van der Waals surface area contributed by atoms with E-state index < -0.39 is 17.4 Å². The van der Waals surface area contributed by atoms with Gasteiger partial charge in [0.15, 0.2) is 0 Å². The maximum atomic E-state index is 2.94. The largest absolute Gasteiger partial charge is 0.147 e. The van der Waals surface area contributed by atoms with Gasteiger partial charge in [0.2, 0.25) is 0 Å². The minimum atomic E-state index is -4.32. The first kappa shape index (κ1) is 56.7. The second kappa shape index (κ2) is 20.4. The van der Waals surface area contributed by atoms with Crippen LogP contribution in [0.5, 0.6) is 0 Å². The Morgan fingerprint density at radius 3 is 0.851 bits per heavy atom. The van der Waals surface area contributed by atoms with E-state index in [1.165, 1.54) is 129 Å². The molecule has 6 aromatic carbocycles. The van der Waals surface area contributed by atoms with Gasteiger partial charge in [-0.1, -0.05) is 0 Å². The standard InChI is InChI=1S/2C34H39.2CH3.2ClH.H2Si.Zr/c2*1-33(2,3)27-14-10-25(11-15-27)29-18-19-30(26-12-16-28(17-13-26)34(4,5)6)32-22-24(21-31(29)32)20-23-8-7-9-23;;;;;;/h2*10-19,21-23H,7-9,20H2,1-6H3;2*1H3;2*1H;1H2;. The molecule has 390 valence electrons. The third kappa shape index (κ3) is 10.7. The third-order valence-electron chi connectivity index (χ3n) is 18.2. The predicted molar refractivity (Wildman–Crippen MR) is 330 cm³/mol. The summed E-state index contributed by atoms with van der Waals surface area (Å²) in [5, 5.41) is 0. The van der Waals surface area contributed by atoms with E-state index in [2.05, 4.69) is 233 Å². The van der Waals surface area contributed by atoms with Gasteiger partial charge in [0.1, 0.15) is 0 Å². The Bertz CT molecular complexity index is 2950. The average Bonchev–Trinajstić information content (AvgIpc) is 3.88. The molecule has 2 saturated carbocycles. The summed E-state index contributed by atoms with van der Waals surface area (Å²) in [5.41, 5.74) is 26.8. The van der Waals surface area contributed by atoms with Crippen LogP contribution in [0, 0.1) is 11.8 Å². The Labute approximate surface area is 463 Å². The Morgan fingerprint density at radius 1 is 0.378 bits per heavy atom. The van der Waals surface area contributed by atoms with Crippen molar-refractivity contribution >= 4 is 43.8 Å². The number of halogens is 2. The van der Waals surface area contributed by atoms with E-state index >= 15 is 0 Å². The molecule has 0 aromatic heterocycles. The smallest absolute Gasteiger partial charge is 0.147 e. The molecule has 2 fully saturated rings. The van der Waals surface area contributed by atoms with E-state index in [1.54, 1.807) is 22.3 Å². The molecule has 0 N–H and O–H groups in total. The molecule has 0 heterocycles. The van der Waals surface area contributed by atoms with Gasteiger partial charge in [0.05, 0.1) is 0 Å². The summed E-state index contributed by atoms with van der Waals surface area (Å²) in [6.07, 6.45) is 16.2. The normalized spacial score (nSPS) is 18.3. The molecular formula is C70H88Cl2SiZr. The molecule has 74 heavy (non-hydrogen) atoms. The Balaban J connectivity index is 0.00000364. The van der Waals surface area contributed by atoms with Crippen molar-refractivity contribution in [2.24, 2.45) is 11.8 Å². The number of hydrogen-bond donors (Lipinski definition) is 0. The Morgan fingerprint density at radius 2 is 0.622 bits per heavy atom. The number of benzene rings is 6. The van der Waals surface area contributed by atoms with Crippen molar-refractivity contribution in [2.45, 2.75) is 173 Å². The molecule has 2 atom stereocenters. The van der Waals surface area contributed by atoms with Crippen LogP contribution in [0.3, 0.4) is 0 Å². The van der Waals surface area contributed by atoms with Crippen molar-refractivity contribution in [1.29, 1.82) is 0 Å². The van der Waals surface area contributed by atoms with E-state index in [0.29, 0.717) is 7.25 Å². The van der Waals surface area contributed by atoms with Gasteiger partial charge in [-0.3, -0.25) is 0 Å². The van der Waals surface area contributed by atoms with Gasteiger partial charge >= 0.3 is 442 Å². The maximum absolute atomic E-state index is 4.32. The van der Waals surface area contributed by atoms with Crippen LogP contribution in [-0.2, 0) is 39.1 Å². The zero-order chi connectivity index (χ0) is 51.4. The van der Waals surface area contributed by atoms with Gasteiger partial charge in [-0.25, -0.2) is 0 Å². The summed E-state index contributed by atoms with van der Waals surface area (Å²) in [4.78, 5) is 0. The fraction of sp³-hybridized carbons (Fsp3) is 0.429. The summed E-state index contributed by atoms with van der Waals surface area (Å²) in [5.74, 6) is 1.54. The van der Waals surface area contributed by atoms with Crippen molar-refractivity contribution in [1.82, 2.24) is 0 Å². The molecule has 0 spiro atoms. The summed E-state index contributed by atoms with van der Waals surface area (Å²) < 4.78 is 6.69. The first-order valence-corrected chi connectivity index (χ1v) is 41.7. The second-order valence-electron chi connectivity index (χ2n) is 28.5. The molecule has 0 bridgehead atoms. The van der Waals surface area contributed by atoms with Gasteiger partial charge in [-0.05, 0) is 0 Å². The zero-order valence-electron chi connectivity index (χ0n) is 47.7. The molecule has 0 radical (unpaired) electrons. The first-order chi connectivity index (χ1) is 33.7. The summed E-state index contributed by atoms with van der Waals surface area (Å²) in [6, 6.07) is 48.9. The molecule has 0 nitrogen and oxygen atoms in total. The number of fused-ring (bicyclic) bond motifs is 2. The fourth-order valence-corrected chi connectivity index (χ4v) is 33.0. The predicted octanol–water partition coefficient (Wildman–Crippen LogP) is 20.7. The molecule has 10 rings (SSSR count). The fourth-order valence-electron chi connectivity index (χ4n) is 13.5. The minimum Gasteiger partial charge on any atom is -0.147 e. The van der Waals surface area contributed by atoms with Crippen LogP contribution >= 0.6 is 24.8 Å². The quantitative estimate of drug-likeness (QED) is 0.120. The molecule has 4 heteroatoms. The number of hydrogen-bond acceptors (Lipinski definition) is 0. The van der Waals surface area contributed by atoms with Crippen molar-refractivity contribution in [3.63, 3.8) is 0 Å². The van der Waals surface area contributed by atoms with E-state index in [1.807, 2.05) is 0 Å². The Hall–Kier alpha value is -3.52. The van der Waals surface area contributed by atoms with Gasteiger partial charge in [0.25, 0.3) is 0 Å². The number of allylic oxidation sites excluding steroid dienone is 2. The molecule has 0 saturated heterocycles. The molecule has 6 aromatic rings. The van der Waals surface area contributed by atoms with Crippen LogP contribution in [0.15, 0.2) is 132 Å². The van der Waals surface area contributed by atoms with Crippen molar-refractivity contribution in [3.8, 4) is 44.5 Å². The van der Waals surface area contributed by atoms with Crippen molar-refractivity contribution in [3.05, 3.63) is 177 Å². The molecule has 0 amide bonds. The molecule has 2 unspecified atom stereocenters. The van der Waals surface area contributed by atoms with E-state index in [4.69, 9.17) is 0 Å². The summed E-state index contributed by atoms with van der Waals surface area (Å²) >= 11 is -4.32.